The van der Waals surface area contributed by atoms with Crippen molar-refractivity contribution in [2.24, 2.45) is 5.92 Å². The van der Waals surface area contributed by atoms with E-state index in [1.165, 1.54) is 6.26 Å². The van der Waals surface area contributed by atoms with Gasteiger partial charge in [-0.05, 0) is 18.9 Å². The molecule has 1 aromatic rings. The number of aromatic nitrogens is 1. The lowest BCUT2D eigenvalue weighted by Crippen LogP contribution is -2.35. The highest BCUT2D eigenvalue weighted by atomic mass is 16.5. The molecule has 1 aliphatic rings. The van der Waals surface area contributed by atoms with E-state index in [0.717, 1.165) is 13.0 Å². The first-order valence-electron chi connectivity index (χ1n) is 5.16. The van der Waals surface area contributed by atoms with Crippen LogP contribution in [0, 0.1) is 5.92 Å². The predicted octanol–water partition coefficient (Wildman–Crippen LogP) is 0.654. The third-order valence-corrected chi connectivity index (χ3v) is 2.62. The number of anilines is 1. The molecule has 1 saturated heterocycles. The molecular weight excluding hydrogens is 194 g/mol. The van der Waals surface area contributed by atoms with Gasteiger partial charge in [-0.25, -0.2) is 0 Å². The van der Waals surface area contributed by atoms with Gasteiger partial charge in [0.15, 0.2) is 11.6 Å². The standard InChI is InChI=1S/C10H15N3O2/c1-7-4-8(11-5-7)9(14)6-12-10-2-3-15-13-10/h2-3,7-8,11H,4-6H2,1H3,(H,12,13)/t7?,8-/m0/s1. The summed E-state index contributed by atoms with van der Waals surface area (Å²) in [6, 6.07) is 1.69. The van der Waals surface area contributed by atoms with E-state index in [0.29, 0.717) is 18.3 Å². The summed E-state index contributed by atoms with van der Waals surface area (Å²) in [4.78, 5) is 11.7. The van der Waals surface area contributed by atoms with Crippen LogP contribution in [-0.2, 0) is 4.79 Å². The van der Waals surface area contributed by atoms with Gasteiger partial charge in [0.2, 0.25) is 0 Å². The first-order chi connectivity index (χ1) is 7.25. The number of carbonyl (C=O) groups excluding carboxylic acids is 1. The van der Waals surface area contributed by atoms with Gasteiger partial charge in [-0.3, -0.25) is 4.79 Å². The minimum absolute atomic E-state index is 0.000555. The summed E-state index contributed by atoms with van der Waals surface area (Å²) in [5.74, 6) is 1.38. The molecular formula is C10H15N3O2. The summed E-state index contributed by atoms with van der Waals surface area (Å²) in [5.41, 5.74) is 0. The van der Waals surface area contributed by atoms with Crippen LogP contribution in [-0.4, -0.2) is 30.1 Å². The Morgan fingerprint density at radius 2 is 2.67 bits per heavy atom. The Morgan fingerprint density at radius 1 is 1.80 bits per heavy atom. The van der Waals surface area contributed by atoms with Crippen molar-refractivity contribution in [3.8, 4) is 0 Å². The van der Waals surface area contributed by atoms with Gasteiger partial charge >= 0.3 is 0 Å². The minimum atomic E-state index is -0.000555. The van der Waals surface area contributed by atoms with E-state index in [9.17, 15) is 4.79 Å². The zero-order valence-electron chi connectivity index (χ0n) is 8.69. The Bertz CT molecular complexity index is 323. The fourth-order valence-electron chi connectivity index (χ4n) is 1.76. The van der Waals surface area contributed by atoms with Crippen LogP contribution in [0.5, 0.6) is 0 Å². The molecule has 2 atom stereocenters. The van der Waals surface area contributed by atoms with Crippen LogP contribution in [0.2, 0.25) is 0 Å². The smallest absolute Gasteiger partial charge is 0.169 e. The van der Waals surface area contributed by atoms with E-state index >= 15 is 0 Å². The van der Waals surface area contributed by atoms with Crippen molar-refractivity contribution < 1.29 is 9.32 Å². The lowest BCUT2D eigenvalue weighted by Gasteiger charge is -2.08. The Labute approximate surface area is 88.2 Å². The molecule has 0 amide bonds. The molecule has 5 heteroatoms. The number of nitrogens with zero attached hydrogens (tertiary/aromatic N) is 1. The maximum atomic E-state index is 11.7. The summed E-state index contributed by atoms with van der Waals surface area (Å²) in [6.45, 7) is 3.38. The Kier molecular flexibility index (Phi) is 3.01. The van der Waals surface area contributed by atoms with Crippen LogP contribution in [0.15, 0.2) is 16.9 Å². The number of Topliss-reactive ketones (excluding diaryl/α,β-unsaturated/α-hetero) is 1. The second-order valence-electron chi connectivity index (χ2n) is 4.01. The third-order valence-electron chi connectivity index (χ3n) is 2.62. The minimum Gasteiger partial charge on any atom is -0.363 e. The maximum absolute atomic E-state index is 11.7. The molecule has 1 aliphatic heterocycles. The van der Waals surface area contributed by atoms with Crippen molar-refractivity contribution in [2.75, 3.05) is 18.4 Å². The van der Waals surface area contributed by atoms with Crippen molar-refractivity contribution >= 4 is 11.6 Å². The van der Waals surface area contributed by atoms with Gasteiger partial charge in [0.05, 0.1) is 12.6 Å². The summed E-state index contributed by atoms with van der Waals surface area (Å²) in [5, 5.41) is 9.80. The quantitative estimate of drug-likeness (QED) is 0.762. The lowest BCUT2D eigenvalue weighted by molar-refractivity contribution is -0.119. The van der Waals surface area contributed by atoms with Gasteiger partial charge < -0.3 is 15.2 Å². The van der Waals surface area contributed by atoms with Gasteiger partial charge in [-0.15, -0.1) is 0 Å². The molecule has 2 N–H and O–H groups in total. The molecule has 2 heterocycles. The second kappa shape index (κ2) is 4.44. The van der Waals surface area contributed by atoms with E-state index in [2.05, 4.69) is 27.2 Å². The van der Waals surface area contributed by atoms with Crippen LogP contribution in [0.1, 0.15) is 13.3 Å². The predicted molar refractivity (Wildman–Crippen MR) is 55.6 cm³/mol. The number of hydrogen-bond donors (Lipinski definition) is 2. The summed E-state index contributed by atoms with van der Waals surface area (Å²) in [6.07, 6.45) is 2.40. The molecule has 0 aromatic carbocycles. The number of carbonyl (C=O) groups is 1. The van der Waals surface area contributed by atoms with Gasteiger partial charge in [-0.2, -0.15) is 0 Å². The summed E-state index contributed by atoms with van der Waals surface area (Å²) >= 11 is 0. The third kappa shape index (κ3) is 2.56. The van der Waals surface area contributed by atoms with Crippen LogP contribution in [0.4, 0.5) is 5.82 Å². The van der Waals surface area contributed by atoms with Crippen LogP contribution in [0.3, 0.4) is 0 Å². The zero-order valence-corrected chi connectivity index (χ0v) is 8.69. The topological polar surface area (TPSA) is 67.2 Å². The molecule has 0 aliphatic carbocycles. The van der Waals surface area contributed by atoms with Gasteiger partial charge in [0.1, 0.15) is 6.26 Å². The highest BCUT2D eigenvalue weighted by molar-refractivity contribution is 5.87. The molecule has 1 fully saturated rings. The molecule has 0 bridgehead atoms. The fourth-order valence-corrected chi connectivity index (χ4v) is 1.76. The maximum Gasteiger partial charge on any atom is 0.169 e. The largest absolute Gasteiger partial charge is 0.363 e. The summed E-state index contributed by atoms with van der Waals surface area (Å²) < 4.78 is 4.65. The molecule has 0 spiro atoms. The molecule has 0 radical (unpaired) electrons. The highest BCUT2D eigenvalue weighted by Crippen LogP contribution is 2.13. The molecule has 15 heavy (non-hydrogen) atoms. The molecule has 0 saturated carbocycles. The normalized spacial score (nSPS) is 25.4. The molecule has 5 nitrogen and oxygen atoms in total. The molecule has 2 rings (SSSR count). The number of ketones is 1. The monoisotopic (exact) mass is 209 g/mol. The lowest BCUT2D eigenvalue weighted by atomic mass is 10.1. The fraction of sp³-hybridized carbons (Fsp3) is 0.600. The molecule has 1 aromatic heterocycles. The van der Waals surface area contributed by atoms with Crippen LogP contribution < -0.4 is 10.6 Å². The van der Waals surface area contributed by atoms with E-state index in [1.807, 2.05) is 0 Å². The Morgan fingerprint density at radius 3 is 3.27 bits per heavy atom. The van der Waals surface area contributed by atoms with E-state index < -0.39 is 0 Å². The Hall–Kier alpha value is -1.36. The van der Waals surface area contributed by atoms with Crippen molar-refractivity contribution in [1.29, 1.82) is 0 Å². The number of rotatable bonds is 4. The second-order valence-corrected chi connectivity index (χ2v) is 4.01. The Balaban J connectivity index is 1.78. The first kappa shape index (κ1) is 10.2. The molecule has 82 valence electrons. The van der Waals surface area contributed by atoms with Crippen molar-refractivity contribution in [1.82, 2.24) is 10.5 Å². The van der Waals surface area contributed by atoms with Crippen LogP contribution >= 0.6 is 0 Å². The van der Waals surface area contributed by atoms with E-state index in [-0.39, 0.29) is 11.8 Å². The number of nitrogens with one attached hydrogen (secondary N) is 2. The van der Waals surface area contributed by atoms with E-state index in [1.54, 1.807) is 6.07 Å². The average molecular weight is 209 g/mol. The van der Waals surface area contributed by atoms with Crippen molar-refractivity contribution in [3.63, 3.8) is 0 Å². The van der Waals surface area contributed by atoms with Crippen LogP contribution in [0.25, 0.3) is 0 Å². The average Bonchev–Trinajstić information content (AvgIpc) is 2.84. The molecule has 1 unspecified atom stereocenters. The van der Waals surface area contributed by atoms with Gasteiger partial charge in [0.25, 0.3) is 0 Å². The summed E-state index contributed by atoms with van der Waals surface area (Å²) in [7, 11) is 0. The van der Waals surface area contributed by atoms with E-state index in [4.69, 9.17) is 0 Å². The van der Waals surface area contributed by atoms with Gasteiger partial charge in [0, 0.05) is 6.07 Å². The van der Waals surface area contributed by atoms with Crippen molar-refractivity contribution in [3.05, 3.63) is 12.3 Å². The number of hydrogen-bond acceptors (Lipinski definition) is 5. The highest BCUT2D eigenvalue weighted by Gasteiger charge is 2.26. The van der Waals surface area contributed by atoms with Crippen molar-refractivity contribution in [2.45, 2.75) is 19.4 Å². The SMILES string of the molecule is CC1CN[C@H](C(=O)CNc2ccon2)C1. The zero-order chi connectivity index (χ0) is 10.7. The van der Waals surface area contributed by atoms with Gasteiger partial charge in [-0.1, -0.05) is 12.1 Å². The first-order valence-corrected chi connectivity index (χ1v) is 5.16.